The molecule has 0 bridgehead atoms. The van der Waals surface area contributed by atoms with Crippen LogP contribution in [0.5, 0.6) is 11.5 Å². The summed E-state index contributed by atoms with van der Waals surface area (Å²) in [5.74, 6) is -0.0252. The van der Waals surface area contributed by atoms with Crippen LogP contribution in [-0.4, -0.2) is 52.7 Å². The average molecular weight is 456 g/mol. The van der Waals surface area contributed by atoms with Crippen LogP contribution in [0.3, 0.4) is 0 Å². The number of pyridine rings is 1. The molecular formula is C22H18F2N4O3S. The van der Waals surface area contributed by atoms with E-state index >= 15 is 0 Å². The molecule has 0 radical (unpaired) electrons. The Balaban J connectivity index is 1.34. The molecule has 0 amide bonds. The summed E-state index contributed by atoms with van der Waals surface area (Å²) < 4.78 is 42.0. The monoisotopic (exact) mass is 456 g/mol. The summed E-state index contributed by atoms with van der Waals surface area (Å²) in [5, 5.41) is 7.88. The van der Waals surface area contributed by atoms with Gasteiger partial charge in [-0.1, -0.05) is 6.07 Å². The number of nitrogens with one attached hydrogen (secondary N) is 1. The predicted octanol–water partition coefficient (Wildman–Crippen LogP) is 4.51. The fourth-order valence-electron chi connectivity index (χ4n) is 4.00. The smallest absolute Gasteiger partial charge is 0.395 e. The fourth-order valence-corrected chi connectivity index (χ4v) is 5.03. The van der Waals surface area contributed by atoms with Crippen LogP contribution in [-0.2, 0) is 11.3 Å². The van der Waals surface area contributed by atoms with Crippen molar-refractivity contribution in [3.05, 3.63) is 47.5 Å². The van der Waals surface area contributed by atoms with Gasteiger partial charge in [-0.15, -0.1) is 20.1 Å². The van der Waals surface area contributed by atoms with Crippen LogP contribution in [0, 0.1) is 0 Å². The molecule has 4 aromatic rings. The summed E-state index contributed by atoms with van der Waals surface area (Å²) >= 11 is 1.72. The lowest BCUT2D eigenvalue weighted by Gasteiger charge is -2.25. The molecule has 10 heteroatoms. The molecular weight excluding hydrogens is 438 g/mol. The third-order valence-corrected chi connectivity index (χ3v) is 6.66. The van der Waals surface area contributed by atoms with Crippen molar-refractivity contribution in [1.29, 1.82) is 0 Å². The molecule has 0 atom stereocenters. The van der Waals surface area contributed by atoms with Gasteiger partial charge in [-0.3, -0.25) is 10.00 Å². The summed E-state index contributed by atoms with van der Waals surface area (Å²) in [6.45, 7) is 4.30. The summed E-state index contributed by atoms with van der Waals surface area (Å²) in [7, 11) is 0. The van der Waals surface area contributed by atoms with E-state index in [9.17, 15) is 8.78 Å². The zero-order valence-corrected chi connectivity index (χ0v) is 17.6. The molecule has 2 aliphatic heterocycles. The number of ether oxygens (including phenoxy) is 3. The standard InChI is InChI=1S/C22H18F2N4O3S/c23-22(24)30-17-3-1-2-15(20(17)31-22)19-16-10-13(11-25-21(16)27-26-19)18-5-4-14(32-18)12-28-6-8-29-9-7-28/h1-5,10-11H,6-9,12H2,(H,25,26,27). The Morgan fingerprint density at radius 3 is 2.88 bits per heavy atom. The van der Waals surface area contributed by atoms with Crippen molar-refractivity contribution in [3.63, 3.8) is 0 Å². The third-order valence-electron chi connectivity index (χ3n) is 5.54. The molecule has 0 aliphatic carbocycles. The maximum atomic E-state index is 13.6. The number of hydrogen-bond acceptors (Lipinski definition) is 7. The van der Waals surface area contributed by atoms with Crippen LogP contribution in [0.25, 0.3) is 32.7 Å². The molecule has 5 heterocycles. The summed E-state index contributed by atoms with van der Waals surface area (Å²) in [6, 6.07) is 11.0. The van der Waals surface area contributed by atoms with E-state index in [2.05, 4.69) is 37.0 Å². The Kier molecular flexibility index (Phi) is 4.60. The van der Waals surface area contributed by atoms with Crippen molar-refractivity contribution in [3.8, 4) is 33.2 Å². The van der Waals surface area contributed by atoms with E-state index in [1.54, 1.807) is 29.7 Å². The first-order valence-corrected chi connectivity index (χ1v) is 11.0. The number of alkyl halides is 2. The molecule has 1 saturated heterocycles. The molecule has 6 rings (SSSR count). The van der Waals surface area contributed by atoms with Gasteiger partial charge in [0, 0.05) is 52.1 Å². The molecule has 1 N–H and O–H groups in total. The van der Waals surface area contributed by atoms with E-state index in [1.165, 1.54) is 10.9 Å². The van der Waals surface area contributed by atoms with Crippen LogP contribution in [0.15, 0.2) is 42.6 Å². The topological polar surface area (TPSA) is 72.5 Å². The minimum Gasteiger partial charge on any atom is -0.395 e. The number of aromatic nitrogens is 3. The van der Waals surface area contributed by atoms with E-state index in [4.69, 9.17) is 9.47 Å². The highest BCUT2D eigenvalue weighted by molar-refractivity contribution is 7.15. The highest BCUT2D eigenvalue weighted by atomic mass is 32.1. The van der Waals surface area contributed by atoms with E-state index in [1.807, 2.05) is 6.07 Å². The summed E-state index contributed by atoms with van der Waals surface area (Å²) in [5.41, 5.74) is 2.43. The quantitative estimate of drug-likeness (QED) is 0.487. The molecule has 164 valence electrons. The Morgan fingerprint density at radius 2 is 2.00 bits per heavy atom. The number of hydrogen-bond donors (Lipinski definition) is 1. The minimum atomic E-state index is -3.69. The van der Waals surface area contributed by atoms with Crippen molar-refractivity contribution in [2.45, 2.75) is 12.8 Å². The Hall–Kier alpha value is -3.08. The van der Waals surface area contributed by atoms with Crippen molar-refractivity contribution >= 4 is 22.4 Å². The summed E-state index contributed by atoms with van der Waals surface area (Å²) in [6.07, 6.45) is -1.91. The molecule has 0 unspecified atom stereocenters. The van der Waals surface area contributed by atoms with Gasteiger partial charge in [0.15, 0.2) is 17.1 Å². The van der Waals surface area contributed by atoms with Crippen LogP contribution in [0.2, 0.25) is 0 Å². The van der Waals surface area contributed by atoms with Gasteiger partial charge >= 0.3 is 6.29 Å². The van der Waals surface area contributed by atoms with Gasteiger partial charge in [-0.05, 0) is 30.3 Å². The number of para-hydroxylation sites is 1. The number of fused-ring (bicyclic) bond motifs is 2. The van der Waals surface area contributed by atoms with Gasteiger partial charge in [0.25, 0.3) is 0 Å². The van der Waals surface area contributed by atoms with E-state index < -0.39 is 6.29 Å². The van der Waals surface area contributed by atoms with Crippen molar-refractivity contribution in [2.75, 3.05) is 26.3 Å². The first-order chi connectivity index (χ1) is 15.6. The maximum Gasteiger partial charge on any atom is 0.586 e. The number of thiophene rings is 1. The molecule has 0 spiro atoms. The van der Waals surface area contributed by atoms with Gasteiger partial charge < -0.3 is 14.2 Å². The first-order valence-electron chi connectivity index (χ1n) is 10.2. The Bertz CT molecular complexity index is 1300. The minimum absolute atomic E-state index is 0.00891. The van der Waals surface area contributed by atoms with Gasteiger partial charge in [0.05, 0.1) is 18.9 Å². The third kappa shape index (κ3) is 3.50. The maximum absolute atomic E-state index is 13.6. The Morgan fingerprint density at radius 1 is 1.12 bits per heavy atom. The molecule has 2 aliphatic rings. The van der Waals surface area contributed by atoms with Crippen LogP contribution >= 0.6 is 11.3 Å². The molecule has 0 saturated carbocycles. The van der Waals surface area contributed by atoms with Crippen LogP contribution in [0.1, 0.15) is 4.88 Å². The number of rotatable bonds is 4. The fraction of sp³-hybridized carbons (Fsp3) is 0.273. The van der Waals surface area contributed by atoms with Crippen molar-refractivity contribution in [1.82, 2.24) is 20.1 Å². The second-order valence-corrected chi connectivity index (χ2v) is 8.82. The van der Waals surface area contributed by atoms with Crippen molar-refractivity contribution < 1.29 is 23.0 Å². The lowest BCUT2D eigenvalue weighted by molar-refractivity contribution is -0.286. The Labute approximate surface area is 185 Å². The number of benzene rings is 1. The van der Waals surface area contributed by atoms with Gasteiger partial charge in [-0.2, -0.15) is 5.10 Å². The highest BCUT2D eigenvalue weighted by Crippen LogP contribution is 2.47. The van der Waals surface area contributed by atoms with Crippen LogP contribution < -0.4 is 9.47 Å². The summed E-state index contributed by atoms with van der Waals surface area (Å²) in [4.78, 5) is 9.19. The molecule has 3 aromatic heterocycles. The van der Waals surface area contributed by atoms with Gasteiger partial charge in [0.2, 0.25) is 0 Å². The largest absolute Gasteiger partial charge is 0.586 e. The number of halogens is 2. The lowest BCUT2D eigenvalue weighted by Crippen LogP contribution is -2.35. The number of H-pyrrole nitrogens is 1. The molecule has 7 nitrogen and oxygen atoms in total. The number of aromatic amines is 1. The number of nitrogens with zero attached hydrogens (tertiary/aromatic N) is 3. The van der Waals surface area contributed by atoms with Gasteiger partial charge in [0.1, 0.15) is 0 Å². The lowest BCUT2D eigenvalue weighted by atomic mass is 10.1. The average Bonchev–Trinajstić information content (AvgIpc) is 3.49. The number of morpholine rings is 1. The van der Waals surface area contributed by atoms with Crippen LogP contribution in [0.4, 0.5) is 8.78 Å². The molecule has 1 aromatic carbocycles. The second kappa shape index (κ2) is 7.51. The predicted molar refractivity (Wildman–Crippen MR) is 115 cm³/mol. The second-order valence-electron chi connectivity index (χ2n) is 7.65. The molecule has 1 fully saturated rings. The van der Waals surface area contributed by atoms with E-state index in [-0.39, 0.29) is 11.5 Å². The molecule has 32 heavy (non-hydrogen) atoms. The zero-order chi connectivity index (χ0) is 21.7. The SMILES string of the molecule is FC1(F)Oc2cccc(-c3[nH]nc4ncc(-c5ccc(CN6CCOCC6)s5)cc34)c2O1. The normalized spacial score (nSPS) is 17.8. The zero-order valence-electron chi connectivity index (χ0n) is 16.8. The highest BCUT2D eigenvalue weighted by Gasteiger charge is 2.44. The van der Waals surface area contributed by atoms with E-state index in [0.717, 1.165) is 48.7 Å². The van der Waals surface area contributed by atoms with Gasteiger partial charge in [-0.25, -0.2) is 4.98 Å². The first kappa shape index (κ1) is 19.6. The van der Waals surface area contributed by atoms with Crippen molar-refractivity contribution in [2.24, 2.45) is 0 Å². The van der Waals surface area contributed by atoms with E-state index in [0.29, 0.717) is 16.9 Å².